The first-order valence-corrected chi connectivity index (χ1v) is 5.95. The van der Waals surface area contributed by atoms with Crippen LogP contribution >= 0.6 is 0 Å². The number of H-pyrrole nitrogens is 1. The van der Waals surface area contributed by atoms with Crippen molar-refractivity contribution in [3.05, 3.63) is 35.9 Å². The lowest BCUT2D eigenvalue weighted by Gasteiger charge is -2.19. The molecule has 0 saturated heterocycles. The van der Waals surface area contributed by atoms with Crippen molar-refractivity contribution in [3.8, 4) is 11.5 Å². The predicted molar refractivity (Wildman–Crippen MR) is 68.1 cm³/mol. The van der Waals surface area contributed by atoms with Gasteiger partial charge in [0.05, 0.1) is 18.6 Å². The summed E-state index contributed by atoms with van der Waals surface area (Å²) < 4.78 is 11.0. The number of fused-ring (bicyclic) bond motifs is 1. The van der Waals surface area contributed by atoms with Crippen LogP contribution in [0.4, 0.5) is 5.69 Å². The number of imidazole rings is 1. The average Bonchev–Trinajstić information content (AvgIpc) is 2.82. The number of hydrogen-bond acceptors (Lipinski definition) is 4. The molecule has 2 aromatic rings. The van der Waals surface area contributed by atoms with E-state index in [1.165, 1.54) is 0 Å². The Labute approximate surface area is 105 Å². The van der Waals surface area contributed by atoms with Gasteiger partial charge in [-0.25, -0.2) is 4.98 Å². The molecule has 1 aliphatic rings. The van der Waals surface area contributed by atoms with Crippen molar-refractivity contribution >= 4 is 5.69 Å². The lowest BCUT2D eigenvalue weighted by atomic mass is 10.2. The molecule has 94 valence electrons. The van der Waals surface area contributed by atoms with Gasteiger partial charge in [-0.3, -0.25) is 0 Å². The fourth-order valence-electron chi connectivity index (χ4n) is 1.90. The SMILES string of the molecule is Cc1[nH]cnc1CNc1ccc2c(c1)OCCO2. The fraction of sp³-hybridized carbons (Fsp3) is 0.308. The highest BCUT2D eigenvalue weighted by molar-refractivity contribution is 5.55. The van der Waals surface area contributed by atoms with Gasteiger partial charge in [-0.1, -0.05) is 0 Å². The number of nitrogens with one attached hydrogen (secondary N) is 2. The van der Waals surface area contributed by atoms with Crippen molar-refractivity contribution in [3.63, 3.8) is 0 Å². The topological polar surface area (TPSA) is 59.2 Å². The van der Waals surface area contributed by atoms with Crippen molar-refractivity contribution in [2.75, 3.05) is 18.5 Å². The molecule has 1 aromatic heterocycles. The number of rotatable bonds is 3. The molecule has 2 heterocycles. The zero-order chi connectivity index (χ0) is 12.4. The van der Waals surface area contributed by atoms with E-state index in [0.29, 0.717) is 19.8 Å². The third kappa shape index (κ3) is 2.11. The molecular weight excluding hydrogens is 230 g/mol. The largest absolute Gasteiger partial charge is 0.486 e. The summed E-state index contributed by atoms with van der Waals surface area (Å²) in [6.45, 7) is 3.92. The second-order valence-electron chi connectivity index (χ2n) is 4.19. The Hall–Kier alpha value is -2.17. The zero-order valence-electron chi connectivity index (χ0n) is 10.2. The van der Waals surface area contributed by atoms with E-state index in [2.05, 4.69) is 15.3 Å². The first kappa shape index (κ1) is 11.0. The van der Waals surface area contributed by atoms with E-state index in [1.54, 1.807) is 6.33 Å². The molecule has 5 heteroatoms. The van der Waals surface area contributed by atoms with Crippen LogP contribution in [0.25, 0.3) is 0 Å². The maximum absolute atomic E-state index is 5.54. The van der Waals surface area contributed by atoms with Gasteiger partial charge < -0.3 is 19.8 Å². The molecule has 0 aliphatic carbocycles. The number of hydrogen-bond donors (Lipinski definition) is 2. The smallest absolute Gasteiger partial charge is 0.163 e. The van der Waals surface area contributed by atoms with Crippen molar-refractivity contribution in [2.24, 2.45) is 0 Å². The van der Waals surface area contributed by atoms with Crippen molar-refractivity contribution in [2.45, 2.75) is 13.5 Å². The van der Waals surface area contributed by atoms with Gasteiger partial charge in [-0.05, 0) is 19.1 Å². The van der Waals surface area contributed by atoms with Crippen LogP contribution in [-0.4, -0.2) is 23.2 Å². The van der Waals surface area contributed by atoms with Gasteiger partial charge in [-0.15, -0.1) is 0 Å². The summed E-state index contributed by atoms with van der Waals surface area (Å²) in [5, 5.41) is 3.32. The second-order valence-corrected chi connectivity index (χ2v) is 4.19. The van der Waals surface area contributed by atoms with Gasteiger partial charge in [0.25, 0.3) is 0 Å². The highest BCUT2D eigenvalue weighted by Crippen LogP contribution is 2.32. The van der Waals surface area contributed by atoms with Crippen LogP contribution in [0, 0.1) is 6.92 Å². The molecule has 0 fully saturated rings. The number of aromatic amines is 1. The van der Waals surface area contributed by atoms with E-state index < -0.39 is 0 Å². The highest BCUT2D eigenvalue weighted by Gasteiger charge is 2.11. The van der Waals surface area contributed by atoms with E-state index in [-0.39, 0.29) is 0 Å². The number of benzene rings is 1. The second kappa shape index (κ2) is 4.60. The van der Waals surface area contributed by atoms with Crippen molar-refractivity contribution in [1.82, 2.24) is 9.97 Å². The minimum absolute atomic E-state index is 0.606. The Morgan fingerprint density at radius 2 is 2.11 bits per heavy atom. The summed E-state index contributed by atoms with van der Waals surface area (Å²) in [5.74, 6) is 1.60. The lowest BCUT2D eigenvalue weighted by molar-refractivity contribution is 0.171. The molecule has 0 radical (unpaired) electrons. The monoisotopic (exact) mass is 245 g/mol. The number of ether oxygens (including phenoxy) is 2. The molecule has 5 nitrogen and oxygen atoms in total. The normalized spacial score (nSPS) is 13.4. The minimum Gasteiger partial charge on any atom is -0.486 e. The number of nitrogens with zero attached hydrogens (tertiary/aromatic N) is 1. The first-order chi connectivity index (χ1) is 8.83. The first-order valence-electron chi connectivity index (χ1n) is 5.95. The zero-order valence-corrected chi connectivity index (χ0v) is 10.2. The Kier molecular flexibility index (Phi) is 2.80. The van der Waals surface area contributed by atoms with Crippen molar-refractivity contribution < 1.29 is 9.47 Å². The highest BCUT2D eigenvalue weighted by atomic mass is 16.6. The van der Waals surface area contributed by atoms with E-state index in [1.807, 2.05) is 25.1 Å². The summed E-state index contributed by atoms with van der Waals surface area (Å²) in [6.07, 6.45) is 1.70. The van der Waals surface area contributed by atoms with Gasteiger partial charge in [0.15, 0.2) is 11.5 Å². The van der Waals surface area contributed by atoms with Crippen LogP contribution in [-0.2, 0) is 6.54 Å². The molecular formula is C13H15N3O2. The summed E-state index contributed by atoms with van der Waals surface area (Å²) >= 11 is 0. The van der Waals surface area contributed by atoms with Crippen LogP contribution in [0.5, 0.6) is 11.5 Å². The van der Waals surface area contributed by atoms with E-state index in [4.69, 9.17) is 9.47 Å². The number of aromatic nitrogens is 2. The standard InChI is InChI=1S/C13H15N3O2/c1-9-11(16-8-15-9)7-14-10-2-3-12-13(6-10)18-5-4-17-12/h2-3,6,8,14H,4-5,7H2,1H3,(H,15,16). The summed E-state index contributed by atoms with van der Waals surface area (Å²) in [5.41, 5.74) is 3.10. The summed E-state index contributed by atoms with van der Waals surface area (Å²) in [6, 6.07) is 5.86. The molecule has 18 heavy (non-hydrogen) atoms. The molecule has 0 spiro atoms. The maximum atomic E-state index is 5.54. The van der Waals surface area contributed by atoms with Gasteiger partial charge in [-0.2, -0.15) is 0 Å². The molecule has 0 bridgehead atoms. The van der Waals surface area contributed by atoms with Crippen LogP contribution in [0.1, 0.15) is 11.4 Å². The fourth-order valence-corrected chi connectivity index (χ4v) is 1.90. The molecule has 0 atom stereocenters. The minimum atomic E-state index is 0.606. The Balaban J connectivity index is 1.71. The number of anilines is 1. The van der Waals surface area contributed by atoms with Gasteiger partial charge in [0, 0.05) is 17.4 Å². The molecule has 0 amide bonds. The lowest BCUT2D eigenvalue weighted by Crippen LogP contribution is -2.15. The van der Waals surface area contributed by atoms with Crippen molar-refractivity contribution in [1.29, 1.82) is 0 Å². The molecule has 0 unspecified atom stereocenters. The maximum Gasteiger partial charge on any atom is 0.163 e. The molecule has 2 N–H and O–H groups in total. The molecule has 1 aromatic carbocycles. The van der Waals surface area contributed by atoms with Gasteiger partial charge >= 0.3 is 0 Å². The Bertz CT molecular complexity index is 551. The molecule has 0 saturated carbocycles. The average molecular weight is 245 g/mol. The van der Waals surface area contributed by atoms with Gasteiger partial charge in [0.1, 0.15) is 13.2 Å². The molecule has 1 aliphatic heterocycles. The molecule has 3 rings (SSSR count). The third-order valence-corrected chi connectivity index (χ3v) is 2.94. The van der Waals surface area contributed by atoms with Crippen LogP contribution < -0.4 is 14.8 Å². The van der Waals surface area contributed by atoms with E-state index in [9.17, 15) is 0 Å². The van der Waals surface area contributed by atoms with Crippen LogP contribution in [0.15, 0.2) is 24.5 Å². The van der Waals surface area contributed by atoms with E-state index in [0.717, 1.165) is 28.6 Å². The quantitative estimate of drug-likeness (QED) is 0.869. The van der Waals surface area contributed by atoms with Gasteiger partial charge in [0.2, 0.25) is 0 Å². The van der Waals surface area contributed by atoms with E-state index >= 15 is 0 Å². The Morgan fingerprint density at radius 1 is 1.28 bits per heavy atom. The summed E-state index contributed by atoms with van der Waals surface area (Å²) in [4.78, 5) is 7.30. The van der Waals surface area contributed by atoms with Crippen LogP contribution in [0.2, 0.25) is 0 Å². The predicted octanol–water partition coefficient (Wildman–Crippen LogP) is 2.10. The Morgan fingerprint density at radius 3 is 2.89 bits per heavy atom. The summed E-state index contributed by atoms with van der Waals surface area (Å²) in [7, 11) is 0. The van der Waals surface area contributed by atoms with Crippen LogP contribution in [0.3, 0.4) is 0 Å². The third-order valence-electron chi connectivity index (χ3n) is 2.94. The number of aryl methyl sites for hydroxylation is 1.